The highest BCUT2D eigenvalue weighted by molar-refractivity contribution is 7.17. The summed E-state index contributed by atoms with van der Waals surface area (Å²) in [5, 5.41) is 10.00. The van der Waals surface area contributed by atoms with Crippen LogP contribution in [0, 0.1) is 0 Å². The molecule has 29 heavy (non-hydrogen) atoms. The van der Waals surface area contributed by atoms with E-state index >= 15 is 0 Å². The van der Waals surface area contributed by atoms with Gasteiger partial charge in [-0.1, -0.05) is 0 Å². The molecule has 3 aromatic rings. The number of nitrogens with zero attached hydrogens (tertiary/aromatic N) is 2. The van der Waals surface area contributed by atoms with E-state index < -0.39 is 0 Å². The highest BCUT2D eigenvalue weighted by Gasteiger charge is 2.25. The molecule has 0 aliphatic carbocycles. The molecule has 2 heterocycles. The van der Waals surface area contributed by atoms with E-state index in [4.69, 9.17) is 18.9 Å². The van der Waals surface area contributed by atoms with Crippen molar-refractivity contribution in [2.24, 2.45) is 0 Å². The number of fused-ring (bicyclic) bond motifs is 1. The summed E-state index contributed by atoms with van der Waals surface area (Å²) in [6, 6.07) is 7.27. The highest BCUT2D eigenvalue weighted by Crippen LogP contribution is 2.43. The van der Waals surface area contributed by atoms with E-state index in [0.29, 0.717) is 28.5 Å². The van der Waals surface area contributed by atoms with Gasteiger partial charge in [0, 0.05) is 38.1 Å². The van der Waals surface area contributed by atoms with Crippen LogP contribution in [0.3, 0.4) is 0 Å². The van der Waals surface area contributed by atoms with Crippen molar-refractivity contribution in [3.8, 4) is 28.7 Å². The Labute approximate surface area is 173 Å². The van der Waals surface area contributed by atoms with Crippen LogP contribution in [0.25, 0.3) is 10.2 Å². The molecule has 1 aliphatic heterocycles. The molecule has 2 aromatic carbocycles. The van der Waals surface area contributed by atoms with Gasteiger partial charge in [0.2, 0.25) is 5.75 Å². The number of aromatic nitrogens is 1. The molecule has 1 aliphatic rings. The summed E-state index contributed by atoms with van der Waals surface area (Å²) >= 11 is 1.55. The van der Waals surface area contributed by atoms with Crippen LogP contribution in [0.15, 0.2) is 29.8 Å². The van der Waals surface area contributed by atoms with E-state index in [2.05, 4.69) is 9.88 Å². The summed E-state index contributed by atoms with van der Waals surface area (Å²) in [5.74, 6) is 2.66. The second-order valence-corrected chi connectivity index (χ2v) is 7.65. The number of piperidine rings is 1. The van der Waals surface area contributed by atoms with Crippen LogP contribution in [0.5, 0.6) is 28.7 Å². The smallest absolute Gasteiger partial charge is 0.204 e. The largest absolute Gasteiger partial charge is 0.506 e. The Bertz CT molecular complexity index is 973. The number of ether oxygens (including phenoxy) is 4. The molecular weight excluding hydrogens is 392 g/mol. The molecule has 0 amide bonds. The molecule has 1 N–H and O–H groups in total. The molecule has 0 saturated carbocycles. The second kappa shape index (κ2) is 8.24. The minimum Gasteiger partial charge on any atom is -0.506 e. The standard InChI is InChI=1S/C21H24N2O5S/c1-25-14-10-17(26-2)20(18(11-14)27-3)28-13-6-8-23(9-7-13)15-4-5-16(24)19-21(15)29-12-22-19/h4-5,10-13,24H,6-9H2,1-3H3. The summed E-state index contributed by atoms with van der Waals surface area (Å²) in [6.45, 7) is 1.70. The average molecular weight is 416 g/mol. The number of benzene rings is 2. The molecule has 0 spiro atoms. The Hall–Kier alpha value is -2.87. The summed E-state index contributed by atoms with van der Waals surface area (Å²) in [5.41, 5.74) is 3.54. The highest BCUT2D eigenvalue weighted by atomic mass is 32.1. The Morgan fingerprint density at radius 3 is 2.34 bits per heavy atom. The van der Waals surface area contributed by atoms with Gasteiger partial charge in [-0.3, -0.25) is 0 Å². The summed E-state index contributed by atoms with van der Waals surface area (Å²) in [4.78, 5) is 6.60. The average Bonchev–Trinajstić information content (AvgIpc) is 3.25. The Balaban J connectivity index is 1.49. The summed E-state index contributed by atoms with van der Waals surface area (Å²) in [6.07, 6.45) is 1.77. The quantitative estimate of drug-likeness (QED) is 0.649. The normalized spacial score (nSPS) is 14.8. The molecule has 1 aromatic heterocycles. The van der Waals surface area contributed by atoms with Crippen molar-refractivity contribution in [3.05, 3.63) is 29.8 Å². The second-order valence-electron chi connectivity index (χ2n) is 6.80. The van der Waals surface area contributed by atoms with Gasteiger partial charge in [-0.2, -0.15) is 0 Å². The predicted octanol–water partition coefficient (Wildman–Crippen LogP) is 4.08. The predicted molar refractivity (Wildman–Crippen MR) is 113 cm³/mol. The Morgan fingerprint density at radius 2 is 1.72 bits per heavy atom. The zero-order valence-corrected chi connectivity index (χ0v) is 17.5. The number of thiazole rings is 1. The lowest BCUT2D eigenvalue weighted by Crippen LogP contribution is -2.38. The first-order chi connectivity index (χ1) is 14.1. The zero-order valence-electron chi connectivity index (χ0n) is 16.7. The zero-order chi connectivity index (χ0) is 20.4. The third kappa shape index (κ3) is 3.72. The fraction of sp³-hybridized carbons (Fsp3) is 0.381. The summed E-state index contributed by atoms with van der Waals surface area (Å²) < 4.78 is 23.6. The van der Waals surface area contributed by atoms with E-state index in [-0.39, 0.29) is 11.9 Å². The molecular formula is C21H24N2O5S. The van der Waals surface area contributed by atoms with Gasteiger partial charge in [-0.05, 0) is 12.1 Å². The number of aromatic hydroxyl groups is 1. The topological polar surface area (TPSA) is 73.3 Å². The van der Waals surface area contributed by atoms with Gasteiger partial charge in [-0.25, -0.2) is 4.98 Å². The molecule has 0 radical (unpaired) electrons. The number of phenolic OH excluding ortho intramolecular Hbond substituents is 1. The van der Waals surface area contributed by atoms with Crippen molar-refractivity contribution >= 4 is 27.2 Å². The molecule has 0 atom stereocenters. The minimum absolute atomic E-state index is 0.0523. The Morgan fingerprint density at radius 1 is 1.03 bits per heavy atom. The van der Waals surface area contributed by atoms with Gasteiger partial charge in [0.25, 0.3) is 0 Å². The molecule has 1 saturated heterocycles. The van der Waals surface area contributed by atoms with Gasteiger partial charge in [-0.15, -0.1) is 11.3 Å². The van der Waals surface area contributed by atoms with E-state index in [1.807, 2.05) is 6.07 Å². The van der Waals surface area contributed by atoms with Gasteiger partial charge >= 0.3 is 0 Å². The molecule has 1 fully saturated rings. The number of methoxy groups -OCH3 is 3. The van der Waals surface area contributed by atoms with Crippen LogP contribution >= 0.6 is 11.3 Å². The first-order valence-electron chi connectivity index (χ1n) is 9.41. The lowest BCUT2D eigenvalue weighted by atomic mass is 10.1. The van der Waals surface area contributed by atoms with Gasteiger partial charge in [0.1, 0.15) is 23.1 Å². The maximum Gasteiger partial charge on any atom is 0.204 e. The van der Waals surface area contributed by atoms with Crippen LogP contribution < -0.4 is 23.8 Å². The molecule has 0 bridgehead atoms. The number of hydrogen-bond donors (Lipinski definition) is 1. The summed E-state index contributed by atoms with van der Waals surface area (Å²) in [7, 11) is 4.82. The SMILES string of the molecule is COc1cc(OC)c(OC2CCN(c3ccc(O)c4ncsc34)CC2)c(OC)c1. The van der Waals surface area contributed by atoms with Crippen molar-refractivity contribution in [3.63, 3.8) is 0 Å². The van der Waals surface area contributed by atoms with Crippen LogP contribution in [-0.2, 0) is 0 Å². The third-order valence-corrected chi connectivity index (χ3v) is 6.03. The van der Waals surface area contributed by atoms with E-state index in [1.165, 1.54) is 0 Å². The van der Waals surface area contributed by atoms with E-state index in [9.17, 15) is 5.11 Å². The van der Waals surface area contributed by atoms with Crippen molar-refractivity contribution < 1.29 is 24.1 Å². The molecule has 0 unspecified atom stereocenters. The fourth-order valence-corrected chi connectivity index (χ4v) is 4.49. The van der Waals surface area contributed by atoms with E-state index in [0.717, 1.165) is 36.3 Å². The maximum absolute atomic E-state index is 10.00. The van der Waals surface area contributed by atoms with Gasteiger partial charge in [0.15, 0.2) is 11.5 Å². The number of phenols is 1. The molecule has 8 heteroatoms. The monoisotopic (exact) mass is 416 g/mol. The Kier molecular flexibility index (Phi) is 5.53. The van der Waals surface area contributed by atoms with Crippen molar-refractivity contribution in [2.75, 3.05) is 39.3 Å². The van der Waals surface area contributed by atoms with Crippen LogP contribution in [0.2, 0.25) is 0 Å². The first kappa shape index (κ1) is 19.4. The minimum atomic E-state index is 0.0523. The van der Waals surface area contributed by atoms with Crippen molar-refractivity contribution in [1.82, 2.24) is 4.98 Å². The van der Waals surface area contributed by atoms with E-state index in [1.54, 1.807) is 56.4 Å². The maximum atomic E-state index is 10.00. The van der Waals surface area contributed by atoms with Crippen LogP contribution in [0.1, 0.15) is 12.8 Å². The van der Waals surface area contributed by atoms with Crippen molar-refractivity contribution in [2.45, 2.75) is 18.9 Å². The van der Waals surface area contributed by atoms with Gasteiger partial charge < -0.3 is 29.0 Å². The fourth-order valence-electron chi connectivity index (χ4n) is 3.64. The third-order valence-electron chi connectivity index (χ3n) is 5.18. The van der Waals surface area contributed by atoms with Crippen LogP contribution in [-0.4, -0.2) is 50.6 Å². The van der Waals surface area contributed by atoms with Gasteiger partial charge in [0.05, 0.1) is 37.2 Å². The lowest BCUT2D eigenvalue weighted by molar-refractivity contribution is 0.158. The van der Waals surface area contributed by atoms with Crippen molar-refractivity contribution in [1.29, 1.82) is 0 Å². The molecule has 4 rings (SSSR count). The first-order valence-corrected chi connectivity index (χ1v) is 10.3. The lowest BCUT2D eigenvalue weighted by Gasteiger charge is -2.34. The number of hydrogen-bond acceptors (Lipinski definition) is 8. The number of rotatable bonds is 6. The molecule has 7 nitrogen and oxygen atoms in total. The van der Waals surface area contributed by atoms with Crippen LogP contribution in [0.4, 0.5) is 5.69 Å². The number of anilines is 1. The molecule has 154 valence electrons.